The molecule has 0 aliphatic heterocycles. The van der Waals surface area contributed by atoms with E-state index in [0.717, 1.165) is 16.8 Å². The van der Waals surface area contributed by atoms with E-state index in [4.69, 9.17) is 11.6 Å². The zero-order valence-corrected chi connectivity index (χ0v) is 13.2. The van der Waals surface area contributed by atoms with Crippen molar-refractivity contribution in [2.45, 2.75) is 13.5 Å². The molecule has 2 aromatic carbocycles. The Morgan fingerprint density at radius 1 is 1.14 bits per heavy atom. The fourth-order valence-electron chi connectivity index (χ4n) is 2.19. The summed E-state index contributed by atoms with van der Waals surface area (Å²) in [5.74, 6) is -0.0710. The molecule has 4 heteroatoms. The maximum absolute atomic E-state index is 12.2. The molecule has 0 spiro atoms. The van der Waals surface area contributed by atoms with Gasteiger partial charge in [0.1, 0.15) is 0 Å². The van der Waals surface area contributed by atoms with E-state index < -0.39 is 0 Å². The van der Waals surface area contributed by atoms with Gasteiger partial charge in [0.2, 0.25) is 0 Å². The molecule has 0 aliphatic carbocycles. The van der Waals surface area contributed by atoms with Crippen LogP contribution in [-0.4, -0.2) is 20.0 Å². The number of amides is 1. The van der Waals surface area contributed by atoms with E-state index in [-0.39, 0.29) is 5.91 Å². The van der Waals surface area contributed by atoms with E-state index in [1.165, 1.54) is 0 Å². The van der Waals surface area contributed by atoms with Gasteiger partial charge in [0.25, 0.3) is 5.91 Å². The highest BCUT2D eigenvalue weighted by atomic mass is 35.5. The first kappa shape index (κ1) is 15.4. The lowest BCUT2D eigenvalue weighted by atomic mass is 10.1. The summed E-state index contributed by atoms with van der Waals surface area (Å²) >= 11 is 5.84. The lowest BCUT2D eigenvalue weighted by Gasteiger charge is -2.16. The minimum atomic E-state index is -0.0710. The number of nitrogens with one attached hydrogen (secondary N) is 1. The van der Waals surface area contributed by atoms with E-state index in [1.807, 2.05) is 68.4 Å². The van der Waals surface area contributed by atoms with Crippen LogP contribution in [-0.2, 0) is 6.54 Å². The van der Waals surface area contributed by atoms with Gasteiger partial charge in [0.05, 0.1) is 0 Å². The molecule has 21 heavy (non-hydrogen) atoms. The molecule has 0 saturated heterocycles. The van der Waals surface area contributed by atoms with Crippen LogP contribution in [0.4, 0.5) is 5.69 Å². The second-order valence-electron chi connectivity index (χ2n) is 5.20. The summed E-state index contributed by atoms with van der Waals surface area (Å²) < 4.78 is 0. The van der Waals surface area contributed by atoms with Gasteiger partial charge >= 0.3 is 0 Å². The Hall–Kier alpha value is -2.00. The SMILES string of the molecule is Cc1cc(C(=O)NCc2ccc(Cl)cc2)ccc1N(C)C. The zero-order chi connectivity index (χ0) is 15.4. The second-order valence-corrected chi connectivity index (χ2v) is 5.64. The Morgan fingerprint density at radius 3 is 2.38 bits per heavy atom. The summed E-state index contributed by atoms with van der Waals surface area (Å²) in [7, 11) is 3.98. The summed E-state index contributed by atoms with van der Waals surface area (Å²) in [5, 5.41) is 3.61. The lowest BCUT2D eigenvalue weighted by molar-refractivity contribution is 0.0951. The van der Waals surface area contributed by atoms with E-state index in [1.54, 1.807) is 0 Å². The number of halogens is 1. The van der Waals surface area contributed by atoms with Crippen molar-refractivity contribution in [3.63, 3.8) is 0 Å². The molecule has 3 nitrogen and oxygen atoms in total. The zero-order valence-electron chi connectivity index (χ0n) is 12.5. The van der Waals surface area contributed by atoms with Gasteiger partial charge in [0, 0.05) is 36.9 Å². The summed E-state index contributed by atoms with van der Waals surface area (Å²) in [5.41, 5.74) is 3.89. The van der Waals surface area contributed by atoms with Gasteiger partial charge in [-0.1, -0.05) is 23.7 Å². The van der Waals surface area contributed by atoms with Gasteiger partial charge in [0.15, 0.2) is 0 Å². The molecule has 0 unspecified atom stereocenters. The first-order valence-electron chi connectivity index (χ1n) is 6.78. The van der Waals surface area contributed by atoms with E-state index in [2.05, 4.69) is 5.32 Å². The Morgan fingerprint density at radius 2 is 1.81 bits per heavy atom. The molecule has 0 fully saturated rings. The number of hydrogen-bond donors (Lipinski definition) is 1. The van der Waals surface area contributed by atoms with Gasteiger partial charge in [-0.3, -0.25) is 4.79 Å². The molecule has 0 radical (unpaired) electrons. The largest absolute Gasteiger partial charge is 0.377 e. The number of nitrogens with zero attached hydrogens (tertiary/aromatic N) is 1. The average Bonchev–Trinajstić information content (AvgIpc) is 2.45. The monoisotopic (exact) mass is 302 g/mol. The predicted octanol–water partition coefficient (Wildman–Crippen LogP) is 3.64. The molecule has 0 saturated carbocycles. The number of benzene rings is 2. The fraction of sp³-hybridized carbons (Fsp3) is 0.235. The normalized spacial score (nSPS) is 10.3. The van der Waals surface area contributed by atoms with Gasteiger partial charge in [-0.05, 0) is 48.4 Å². The van der Waals surface area contributed by atoms with Gasteiger partial charge in [-0.15, -0.1) is 0 Å². The third kappa shape index (κ3) is 3.99. The predicted molar refractivity (Wildman–Crippen MR) is 88.1 cm³/mol. The number of hydrogen-bond acceptors (Lipinski definition) is 2. The van der Waals surface area contributed by atoms with Crippen LogP contribution in [0.5, 0.6) is 0 Å². The highest BCUT2D eigenvalue weighted by Gasteiger charge is 2.08. The average molecular weight is 303 g/mol. The van der Waals surface area contributed by atoms with Gasteiger partial charge < -0.3 is 10.2 Å². The summed E-state index contributed by atoms with van der Waals surface area (Å²) in [4.78, 5) is 14.2. The summed E-state index contributed by atoms with van der Waals surface area (Å²) in [6, 6.07) is 13.2. The molecule has 1 N–H and O–H groups in total. The highest BCUT2D eigenvalue weighted by molar-refractivity contribution is 6.30. The number of carbonyl (C=O) groups is 1. The number of aryl methyl sites for hydroxylation is 1. The molecule has 110 valence electrons. The second kappa shape index (κ2) is 6.64. The molecule has 0 atom stereocenters. The maximum atomic E-state index is 12.2. The van der Waals surface area contributed by atoms with Crippen molar-refractivity contribution in [1.29, 1.82) is 0 Å². The van der Waals surface area contributed by atoms with Crippen LogP contribution in [0.25, 0.3) is 0 Å². The Labute approximate surface area is 130 Å². The molecule has 0 bridgehead atoms. The fourth-order valence-corrected chi connectivity index (χ4v) is 2.31. The van der Waals surface area contributed by atoms with E-state index >= 15 is 0 Å². The standard InChI is InChI=1S/C17H19ClN2O/c1-12-10-14(6-9-16(12)20(2)3)17(21)19-11-13-4-7-15(18)8-5-13/h4-10H,11H2,1-3H3,(H,19,21). The number of rotatable bonds is 4. The summed E-state index contributed by atoms with van der Waals surface area (Å²) in [6.45, 7) is 2.50. The van der Waals surface area contributed by atoms with Gasteiger partial charge in [-0.25, -0.2) is 0 Å². The van der Waals surface area contributed by atoms with E-state index in [0.29, 0.717) is 17.1 Å². The first-order valence-corrected chi connectivity index (χ1v) is 7.16. The van der Waals surface area contributed by atoms with Crippen LogP contribution in [0.3, 0.4) is 0 Å². The Bertz CT molecular complexity index is 636. The van der Waals surface area contributed by atoms with Gasteiger partial charge in [-0.2, -0.15) is 0 Å². The molecule has 2 aromatic rings. The molecule has 0 aliphatic rings. The maximum Gasteiger partial charge on any atom is 0.251 e. The van der Waals surface area contributed by atoms with Crippen molar-refractivity contribution < 1.29 is 4.79 Å². The van der Waals surface area contributed by atoms with Crippen LogP contribution < -0.4 is 10.2 Å². The topological polar surface area (TPSA) is 32.3 Å². The van der Waals surface area contributed by atoms with Crippen LogP contribution in [0, 0.1) is 6.92 Å². The highest BCUT2D eigenvalue weighted by Crippen LogP contribution is 2.19. The lowest BCUT2D eigenvalue weighted by Crippen LogP contribution is -2.23. The van der Waals surface area contributed by atoms with Crippen molar-refractivity contribution in [3.05, 3.63) is 64.2 Å². The quantitative estimate of drug-likeness (QED) is 0.935. The van der Waals surface area contributed by atoms with Crippen LogP contribution in [0.1, 0.15) is 21.5 Å². The molecule has 0 heterocycles. The smallest absolute Gasteiger partial charge is 0.251 e. The van der Waals surface area contributed by atoms with E-state index in [9.17, 15) is 4.79 Å². The van der Waals surface area contributed by atoms with Crippen LogP contribution in [0.15, 0.2) is 42.5 Å². The molecular formula is C17H19ClN2O. The first-order chi connectivity index (χ1) is 9.97. The van der Waals surface area contributed by atoms with Crippen LogP contribution in [0.2, 0.25) is 5.02 Å². The molecule has 1 amide bonds. The minimum absolute atomic E-state index is 0.0710. The van der Waals surface area contributed by atoms with Crippen molar-refractivity contribution in [2.24, 2.45) is 0 Å². The van der Waals surface area contributed by atoms with Crippen molar-refractivity contribution in [2.75, 3.05) is 19.0 Å². The molecule has 2 rings (SSSR count). The van der Waals surface area contributed by atoms with Crippen molar-refractivity contribution in [3.8, 4) is 0 Å². The third-order valence-corrected chi connectivity index (χ3v) is 3.56. The molecule has 0 aromatic heterocycles. The van der Waals surface area contributed by atoms with Crippen molar-refractivity contribution in [1.82, 2.24) is 5.32 Å². The minimum Gasteiger partial charge on any atom is -0.377 e. The number of anilines is 1. The number of carbonyl (C=O) groups excluding carboxylic acids is 1. The Balaban J connectivity index is 2.03. The third-order valence-electron chi connectivity index (χ3n) is 3.31. The Kier molecular flexibility index (Phi) is 4.86. The van der Waals surface area contributed by atoms with Crippen LogP contribution >= 0.6 is 11.6 Å². The molecular weight excluding hydrogens is 284 g/mol. The van der Waals surface area contributed by atoms with Crippen molar-refractivity contribution >= 4 is 23.2 Å². The summed E-state index contributed by atoms with van der Waals surface area (Å²) in [6.07, 6.45) is 0.